The van der Waals surface area contributed by atoms with Crippen LogP contribution in [-0.2, 0) is 11.3 Å². The van der Waals surface area contributed by atoms with E-state index in [0.29, 0.717) is 19.6 Å². The van der Waals surface area contributed by atoms with Crippen molar-refractivity contribution in [2.45, 2.75) is 13.5 Å². The molecule has 1 rings (SSSR count). The molecule has 1 atom stereocenters. The lowest BCUT2D eigenvalue weighted by Crippen LogP contribution is -2.38. The number of hydrogen-bond acceptors (Lipinski definition) is 3. The van der Waals surface area contributed by atoms with E-state index >= 15 is 0 Å². The van der Waals surface area contributed by atoms with Gasteiger partial charge in [0.1, 0.15) is 0 Å². The molecule has 0 fully saturated rings. The Hall–Kier alpha value is -1.00. The normalized spacial score (nSPS) is 12.2. The second kappa shape index (κ2) is 8.16. The molecule has 1 aromatic rings. The highest BCUT2D eigenvalue weighted by molar-refractivity contribution is 7.98. The van der Waals surface area contributed by atoms with E-state index in [-0.39, 0.29) is 11.8 Å². The summed E-state index contributed by atoms with van der Waals surface area (Å²) in [6.07, 6.45) is 2.02. The Kier molecular flexibility index (Phi) is 6.83. The lowest BCUT2D eigenvalue weighted by molar-refractivity contribution is -0.134. The van der Waals surface area contributed by atoms with Crippen molar-refractivity contribution in [2.24, 2.45) is 11.7 Å². The second-order valence-corrected chi connectivity index (χ2v) is 5.30. The number of hydrogen-bond donors (Lipinski definition) is 1. The van der Waals surface area contributed by atoms with Crippen LogP contribution in [0.15, 0.2) is 30.3 Å². The van der Waals surface area contributed by atoms with Crippen LogP contribution < -0.4 is 5.73 Å². The molecule has 3 nitrogen and oxygen atoms in total. The Morgan fingerprint density at radius 3 is 2.61 bits per heavy atom. The first-order valence-electron chi connectivity index (χ1n) is 6.20. The van der Waals surface area contributed by atoms with Gasteiger partial charge in [-0.25, -0.2) is 0 Å². The van der Waals surface area contributed by atoms with Crippen LogP contribution in [0.2, 0.25) is 0 Å². The summed E-state index contributed by atoms with van der Waals surface area (Å²) in [5.41, 5.74) is 6.74. The van der Waals surface area contributed by atoms with Gasteiger partial charge in [-0.2, -0.15) is 11.8 Å². The number of nitrogens with two attached hydrogens (primary N) is 1. The highest BCUT2D eigenvalue weighted by atomic mass is 32.2. The van der Waals surface area contributed by atoms with E-state index in [1.54, 1.807) is 11.8 Å². The summed E-state index contributed by atoms with van der Waals surface area (Å²) >= 11 is 1.70. The fourth-order valence-corrected chi connectivity index (χ4v) is 2.50. The van der Waals surface area contributed by atoms with Crippen LogP contribution in [0, 0.1) is 5.92 Å². The molecule has 1 aromatic carbocycles. The fraction of sp³-hybridized carbons (Fsp3) is 0.500. The summed E-state index contributed by atoms with van der Waals surface area (Å²) in [5.74, 6) is 1.10. The zero-order valence-corrected chi connectivity index (χ0v) is 12.0. The molecule has 0 spiro atoms. The molecule has 0 aliphatic heterocycles. The SMILES string of the molecule is CSCC(C)C(=O)N(CCN)Cc1ccccc1. The average Bonchev–Trinajstić information content (AvgIpc) is 2.39. The molecule has 0 heterocycles. The van der Waals surface area contributed by atoms with Crippen LogP contribution in [0.25, 0.3) is 0 Å². The monoisotopic (exact) mass is 266 g/mol. The maximum Gasteiger partial charge on any atom is 0.226 e. The van der Waals surface area contributed by atoms with Gasteiger partial charge in [0.05, 0.1) is 0 Å². The number of benzene rings is 1. The van der Waals surface area contributed by atoms with Crippen molar-refractivity contribution in [1.82, 2.24) is 4.90 Å². The summed E-state index contributed by atoms with van der Waals surface area (Å²) in [7, 11) is 0. The zero-order valence-electron chi connectivity index (χ0n) is 11.1. The molecule has 0 aliphatic carbocycles. The van der Waals surface area contributed by atoms with E-state index in [1.807, 2.05) is 48.4 Å². The topological polar surface area (TPSA) is 46.3 Å². The number of carbonyl (C=O) groups is 1. The molecular formula is C14H22N2OS. The lowest BCUT2D eigenvalue weighted by Gasteiger charge is -2.25. The van der Waals surface area contributed by atoms with Gasteiger partial charge in [0.2, 0.25) is 5.91 Å². The molecule has 18 heavy (non-hydrogen) atoms. The third-order valence-electron chi connectivity index (χ3n) is 2.77. The van der Waals surface area contributed by atoms with Crippen LogP contribution in [0.5, 0.6) is 0 Å². The Morgan fingerprint density at radius 2 is 2.06 bits per heavy atom. The lowest BCUT2D eigenvalue weighted by atomic mass is 10.1. The number of nitrogens with zero attached hydrogens (tertiary/aromatic N) is 1. The molecule has 0 radical (unpaired) electrons. The molecule has 100 valence electrons. The highest BCUT2D eigenvalue weighted by Crippen LogP contribution is 2.12. The zero-order chi connectivity index (χ0) is 13.4. The Bertz CT molecular complexity index is 356. The molecule has 1 unspecified atom stereocenters. The fourth-order valence-electron chi connectivity index (χ4n) is 1.86. The maximum absolute atomic E-state index is 12.3. The van der Waals surface area contributed by atoms with Crippen LogP contribution in [0.1, 0.15) is 12.5 Å². The van der Waals surface area contributed by atoms with E-state index in [0.717, 1.165) is 11.3 Å². The van der Waals surface area contributed by atoms with Crippen LogP contribution in [0.4, 0.5) is 0 Å². The van der Waals surface area contributed by atoms with Gasteiger partial charge in [0.15, 0.2) is 0 Å². The first-order valence-corrected chi connectivity index (χ1v) is 7.60. The van der Waals surface area contributed by atoms with E-state index in [4.69, 9.17) is 5.73 Å². The van der Waals surface area contributed by atoms with Crippen molar-refractivity contribution in [3.8, 4) is 0 Å². The van der Waals surface area contributed by atoms with Gasteiger partial charge in [-0.05, 0) is 11.8 Å². The molecule has 0 aromatic heterocycles. The van der Waals surface area contributed by atoms with Crippen LogP contribution in [0.3, 0.4) is 0 Å². The number of carbonyl (C=O) groups excluding carboxylic acids is 1. The minimum absolute atomic E-state index is 0.0512. The van der Waals surface area contributed by atoms with E-state index in [1.165, 1.54) is 0 Å². The van der Waals surface area contributed by atoms with Crippen molar-refractivity contribution in [3.63, 3.8) is 0 Å². The number of rotatable bonds is 7. The second-order valence-electron chi connectivity index (χ2n) is 4.39. The van der Waals surface area contributed by atoms with E-state index in [9.17, 15) is 4.79 Å². The summed E-state index contributed by atoms with van der Waals surface area (Å²) in [4.78, 5) is 14.1. The third-order valence-corrected chi connectivity index (χ3v) is 3.60. The van der Waals surface area contributed by atoms with Gasteiger partial charge in [-0.15, -0.1) is 0 Å². The Labute approximate surface area is 114 Å². The van der Waals surface area contributed by atoms with Crippen molar-refractivity contribution >= 4 is 17.7 Å². The van der Waals surface area contributed by atoms with Gasteiger partial charge < -0.3 is 10.6 Å². The van der Waals surface area contributed by atoms with E-state index < -0.39 is 0 Å². The quantitative estimate of drug-likeness (QED) is 0.821. The van der Waals surface area contributed by atoms with Crippen LogP contribution >= 0.6 is 11.8 Å². The van der Waals surface area contributed by atoms with Gasteiger partial charge in [0, 0.05) is 31.3 Å². The summed E-state index contributed by atoms with van der Waals surface area (Å²) in [6.45, 7) is 3.75. The van der Waals surface area contributed by atoms with Crippen molar-refractivity contribution in [2.75, 3.05) is 25.1 Å². The van der Waals surface area contributed by atoms with Crippen LogP contribution in [-0.4, -0.2) is 35.9 Å². The van der Waals surface area contributed by atoms with Crippen molar-refractivity contribution < 1.29 is 4.79 Å². The molecule has 0 saturated heterocycles. The molecule has 0 saturated carbocycles. The largest absolute Gasteiger partial charge is 0.337 e. The van der Waals surface area contributed by atoms with Crippen molar-refractivity contribution in [3.05, 3.63) is 35.9 Å². The first-order chi connectivity index (χ1) is 8.69. The number of amides is 1. The van der Waals surface area contributed by atoms with Gasteiger partial charge in [-0.3, -0.25) is 4.79 Å². The average molecular weight is 266 g/mol. The molecule has 0 aliphatic rings. The Morgan fingerprint density at radius 1 is 1.39 bits per heavy atom. The predicted molar refractivity (Wildman–Crippen MR) is 78.5 cm³/mol. The van der Waals surface area contributed by atoms with Crippen molar-refractivity contribution in [1.29, 1.82) is 0 Å². The molecule has 2 N–H and O–H groups in total. The first kappa shape index (κ1) is 15.1. The molecule has 4 heteroatoms. The van der Waals surface area contributed by atoms with E-state index in [2.05, 4.69) is 0 Å². The minimum Gasteiger partial charge on any atom is -0.337 e. The molecule has 0 bridgehead atoms. The minimum atomic E-state index is 0.0512. The summed E-state index contributed by atoms with van der Waals surface area (Å²) in [6, 6.07) is 10.0. The van der Waals surface area contributed by atoms with Gasteiger partial charge >= 0.3 is 0 Å². The van der Waals surface area contributed by atoms with Gasteiger partial charge in [0.25, 0.3) is 0 Å². The Balaban J connectivity index is 2.67. The summed E-state index contributed by atoms with van der Waals surface area (Å²) < 4.78 is 0. The third kappa shape index (κ3) is 4.70. The summed E-state index contributed by atoms with van der Waals surface area (Å²) in [5, 5.41) is 0. The number of thioether (sulfide) groups is 1. The molecule has 1 amide bonds. The molecular weight excluding hydrogens is 244 g/mol. The standard InChI is InChI=1S/C14H22N2OS/c1-12(11-18-2)14(17)16(9-8-15)10-13-6-4-3-5-7-13/h3-7,12H,8-11,15H2,1-2H3. The smallest absolute Gasteiger partial charge is 0.226 e. The highest BCUT2D eigenvalue weighted by Gasteiger charge is 2.19. The predicted octanol–water partition coefficient (Wildman–Crippen LogP) is 1.97. The van der Waals surface area contributed by atoms with Gasteiger partial charge in [-0.1, -0.05) is 37.3 Å². The maximum atomic E-state index is 12.3.